The molecule has 1 unspecified atom stereocenters. The summed E-state index contributed by atoms with van der Waals surface area (Å²) >= 11 is 1.81. The van der Waals surface area contributed by atoms with Crippen LogP contribution < -0.4 is 5.32 Å². The van der Waals surface area contributed by atoms with Gasteiger partial charge in [0.2, 0.25) is 0 Å². The van der Waals surface area contributed by atoms with Crippen molar-refractivity contribution >= 4 is 16.9 Å². The van der Waals surface area contributed by atoms with Gasteiger partial charge in [0, 0.05) is 32.1 Å². The molecular formula is C8H16N2OS. The lowest BCUT2D eigenvalue weighted by atomic mass is 10.4. The van der Waals surface area contributed by atoms with Crippen LogP contribution >= 0.6 is 11.8 Å². The summed E-state index contributed by atoms with van der Waals surface area (Å²) in [4.78, 5) is 4.40. The van der Waals surface area contributed by atoms with Gasteiger partial charge in [0.1, 0.15) is 0 Å². The fraction of sp³-hybridized carbons (Fsp3) is 0.875. The summed E-state index contributed by atoms with van der Waals surface area (Å²) in [5, 5.41) is 4.40. The lowest BCUT2D eigenvalue weighted by Gasteiger charge is -2.00. The van der Waals surface area contributed by atoms with E-state index >= 15 is 0 Å². The number of rotatable bonds is 4. The van der Waals surface area contributed by atoms with Crippen molar-refractivity contribution in [2.24, 2.45) is 4.99 Å². The maximum atomic E-state index is 4.93. The van der Waals surface area contributed by atoms with Gasteiger partial charge < -0.3 is 10.1 Å². The largest absolute Gasteiger partial charge is 0.385 e. The molecule has 0 bridgehead atoms. The average Bonchev–Trinajstić information content (AvgIpc) is 2.45. The number of nitrogens with one attached hydrogen (secondary N) is 1. The smallest absolute Gasteiger partial charge is 0.156 e. The quantitative estimate of drug-likeness (QED) is 0.671. The highest BCUT2D eigenvalue weighted by Gasteiger charge is 2.14. The minimum absolute atomic E-state index is 0.580. The van der Waals surface area contributed by atoms with Crippen molar-refractivity contribution in [3.05, 3.63) is 0 Å². The Bertz CT molecular complexity index is 161. The number of nitrogens with zero attached hydrogens (tertiary/aromatic N) is 1. The molecule has 1 aliphatic rings. The summed E-state index contributed by atoms with van der Waals surface area (Å²) in [7, 11) is 1.72. The fourth-order valence-electron chi connectivity index (χ4n) is 0.979. The number of methoxy groups -OCH3 is 1. The van der Waals surface area contributed by atoms with E-state index in [-0.39, 0.29) is 0 Å². The van der Waals surface area contributed by atoms with Gasteiger partial charge in [-0.25, -0.2) is 0 Å². The zero-order chi connectivity index (χ0) is 8.81. The van der Waals surface area contributed by atoms with Gasteiger partial charge in [-0.05, 0) is 13.3 Å². The van der Waals surface area contributed by atoms with Gasteiger partial charge in [-0.3, -0.25) is 4.99 Å². The first-order valence-electron chi connectivity index (χ1n) is 4.25. The average molecular weight is 188 g/mol. The third-order valence-electron chi connectivity index (χ3n) is 1.60. The van der Waals surface area contributed by atoms with E-state index in [0.717, 1.165) is 30.5 Å². The van der Waals surface area contributed by atoms with Crippen molar-refractivity contribution < 1.29 is 4.74 Å². The van der Waals surface area contributed by atoms with Crippen LogP contribution in [0.4, 0.5) is 0 Å². The fourth-order valence-corrected chi connectivity index (χ4v) is 1.94. The molecule has 1 aliphatic heterocycles. The lowest BCUT2D eigenvalue weighted by Crippen LogP contribution is -2.23. The second-order valence-electron chi connectivity index (χ2n) is 2.89. The van der Waals surface area contributed by atoms with Gasteiger partial charge >= 0.3 is 0 Å². The molecule has 0 aromatic carbocycles. The molecule has 3 nitrogen and oxygen atoms in total. The zero-order valence-electron chi connectivity index (χ0n) is 7.67. The molecule has 0 aliphatic carbocycles. The molecule has 1 atom stereocenters. The summed E-state index contributed by atoms with van der Waals surface area (Å²) in [5.41, 5.74) is 0. The Hall–Kier alpha value is -0.220. The first-order valence-corrected chi connectivity index (χ1v) is 5.24. The summed E-state index contributed by atoms with van der Waals surface area (Å²) in [6.07, 6.45) is 1.01. The predicted octanol–water partition coefficient (Wildman–Crippen LogP) is 1.10. The predicted molar refractivity (Wildman–Crippen MR) is 53.9 cm³/mol. The van der Waals surface area contributed by atoms with Gasteiger partial charge in [0.25, 0.3) is 0 Å². The number of hydrogen-bond acceptors (Lipinski definition) is 3. The van der Waals surface area contributed by atoms with Gasteiger partial charge in [-0.15, -0.1) is 0 Å². The summed E-state index contributed by atoms with van der Waals surface area (Å²) in [6, 6.07) is 0.580. The van der Waals surface area contributed by atoms with Gasteiger partial charge in [-0.1, -0.05) is 11.8 Å². The molecule has 0 saturated carbocycles. The van der Waals surface area contributed by atoms with Crippen molar-refractivity contribution in [2.45, 2.75) is 19.4 Å². The van der Waals surface area contributed by atoms with Gasteiger partial charge in [0.15, 0.2) is 5.17 Å². The highest BCUT2D eigenvalue weighted by atomic mass is 32.2. The molecule has 1 N–H and O–H groups in total. The molecule has 0 spiro atoms. The number of hydrogen-bond donors (Lipinski definition) is 1. The van der Waals surface area contributed by atoms with Crippen molar-refractivity contribution in [3.63, 3.8) is 0 Å². The molecule has 12 heavy (non-hydrogen) atoms. The molecule has 0 radical (unpaired) electrons. The van der Waals surface area contributed by atoms with Gasteiger partial charge in [0.05, 0.1) is 0 Å². The Balaban J connectivity index is 2.11. The van der Waals surface area contributed by atoms with E-state index in [1.54, 1.807) is 18.9 Å². The minimum atomic E-state index is 0.580. The van der Waals surface area contributed by atoms with Crippen LogP contribution in [0, 0.1) is 0 Å². The Morgan fingerprint density at radius 3 is 3.17 bits per heavy atom. The topological polar surface area (TPSA) is 33.6 Å². The molecule has 1 heterocycles. The van der Waals surface area contributed by atoms with Crippen LogP contribution in [0.5, 0.6) is 0 Å². The van der Waals surface area contributed by atoms with E-state index in [1.807, 2.05) is 0 Å². The van der Waals surface area contributed by atoms with Crippen molar-refractivity contribution in [3.8, 4) is 0 Å². The molecule has 1 saturated heterocycles. The number of ether oxygens (including phenoxy) is 1. The normalized spacial score (nSPS) is 26.2. The second kappa shape index (κ2) is 5.43. The number of aliphatic imine (C=N–C) groups is 1. The summed E-state index contributed by atoms with van der Waals surface area (Å²) in [6.45, 7) is 3.84. The van der Waals surface area contributed by atoms with Crippen LogP contribution in [-0.2, 0) is 4.74 Å². The first-order chi connectivity index (χ1) is 5.83. The Morgan fingerprint density at radius 1 is 1.75 bits per heavy atom. The van der Waals surface area contributed by atoms with E-state index in [1.165, 1.54) is 0 Å². The Labute approximate surface area is 78.0 Å². The lowest BCUT2D eigenvalue weighted by molar-refractivity contribution is 0.197. The van der Waals surface area contributed by atoms with Crippen LogP contribution in [0.25, 0.3) is 0 Å². The SMILES string of the molecule is COCCCN=C1NC(C)CS1. The van der Waals surface area contributed by atoms with Crippen molar-refractivity contribution in [1.82, 2.24) is 5.32 Å². The molecular weight excluding hydrogens is 172 g/mol. The summed E-state index contributed by atoms with van der Waals surface area (Å²) in [5.74, 6) is 1.14. The third kappa shape index (κ3) is 3.45. The van der Waals surface area contributed by atoms with E-state index in [9.17, 15) is 0 Å². The van der Waals surface area contributed by atoms with Crippen molar-refractivity contribution in [2.75, 3.05) is 26.0 Å². The summed E-state index contributed by atoms with van der Waals surface area (Å²) < 4.78 is 4.93. The maximum Gasteiger partial charge on any atom is 0.156 e. The van der Waals surface area contributed by atoms with Crippen molar-refractivity contribution in [1.29, 1.82) is 0 Å². The van der Waals surface area contributed by atoms with Crippen LogP contribution in [-0.4, -0.2) is 37.2 Å². The molecule has 0 aromatic heterocycles. The number of thioether (sulfide) groups is 1. The number of amidine groups is 1. The van der Waals surface area contributed by atoms with E-state index < -0.39 is 0 Å². The molecule has 1 fully saturated rings. The molecule has 1 rings (SSSR count). The van der Waals surface area contributed by atoms with E-state index in [4.69, 9.17) is 4.74 Å². The monoisotopic (exact) mass is 188 g/mol. The van der Waals surface area contributed by atoms with Crippen LogP contribution in [0.15, 0.2) is 4.99 Å². The Morgan fingerprint density at radius 2 is 2.58 bits per heavy atom. The highest BCUT2D eigenvalue weighted by Crippen LogP contribution is 2.12. The van der Waals surface area contributed by atoms with Gasteiger partial charge in [-0.2, -0.15) is 0 Å². The Kier molecular flexibility index (Phi) is 4.46. The van der Waals surface area contributed by atoms with E-state index in [0.29, 0.717) is 6.04 Å². The van der Waals surface area contributed by atoms with Crippen LogP contribution in [0.2, 0.25) is 0 Å². The maximum absolute atomic E-state index is 4.93. The minimum Gasteiger partial charge on any atom is -0.385 e. The molecule has 70 valence electrons. The van der Waals surface area contributed by atoms with Crippen LogP contribution in [0.1, 0.15) is 13.3 Å². The third-order valence-corrected chi connectivity index (χ3v) is 2.79. The molecule has 4 heteroatoms. The zero-order valence-corrected chi connectivity index (χ0v) is 8.49. The van der Waals surface area contributed by atoms with Crippen LogP contribution in [0.3, 0.4) is 0 Å². The highest BCUT2D eigenvalue weighted by molar-refractivity contribution is 8.14. The standard InChI is InChI=1S/C8H16N2OS/c1-7-6-12-8(10-7)9-4-3-5-11-2/h7H,3-6H2,1-2H3,(H,9,10). The molecule has 0 aromatic rings. The van der Waals surface area contributed by atoms with E-state index in [2.05, 4.69) is 17.2 Å². The first kappa shape index (κ1) is 9.86. The second-order valence-corrected chi connectivity index (χ2v) is 3.90. The molecule has 0 amide bonds.